The standard InChI is InChI=1S/C13H14N2OS/c1-2-10-5-3-7-14-11(10)9-15-13(16)12-6-4-8-17-12/h3-8H,2,9H2,1H3,(H,15,16). The van der Waals surface area contributed by atoms with Crippen molar-refractivity contribution in [1.29, 1.82) is 0 Å². The minimum absolute atomic E-state index is 0.0345. The van der Waals surface area contributed by atoms with E-state index < -0.39 is 0 Å². The van der Waals surface area contributed by atoms with Crippen molar-refractivity contribution >= 4 is 17.2 Å². The van der Waals surface area contributed by atoms with Crippen LogP contribution in [-0.2, 0) is 13.0 Å². The molecule has 0 saturated carbocycles. The van der Waals surface area contributed by atoms with Gasteiger partial charge in [-0.2, -0.15) is 0 Å². The summed E-state index contributed by atoms with van der Waals surface area (Å²) in [4.78, 5) is 16.8. The van der Waals surface area contributed by atoms with Crippen LogP contribution in [0.25, 0.3) is 0 Å². The van der Waals surface area contributed by atoms with Crippen molar-refractivity contribution in [3.05, 3.63) is 52.0 Å². The van der Waals surface area contributed by atoms with Crippen LogP contribution in [0.15, 0.2) is 35.8 Å². The highest BCUT2D eigenvalue weighted by molar-refractivity contribution is 7.12. The first-order valence-electron chi connectivity index (χ1n) is 5.55. The highest BCUT2D eigenvalue weighted by Gasteiger charge is 2.07. The third kappa shape index (κ3) is 2.91. The highest BCUT2D eigenvalue weighted by atomic mass is 32.1. The Morgan fingerprint density at radius 1 is 1.41 bits per heavy atom. The second-order valence-corrected chi connectivity index (χ2v) is 4.57. The second kappa shape index (κ2) is 5.59. The fourth-order valence-electron chi connectivity index (χ4n) is 1.61. The van der Waals surface area contributed by atoms with Gasteiger partial charge in [0.2, 0.25) is 0 Å². The van der Waals surface area contributed by atoms with Gasteiger partial charge in [0.25, 0.3) is 5.91 Å². The monoisotopic (exact) mass is 246 g/mol. The number of aryl methyl sites for hydroxylation is 1. The molecule has 3 nitrogen and oxygen atoms in total. The Morgan fingerprint density at radius 2 is 2.29 bits per heavy atom. The Balaban J connectivity index is 2.00. The maximum Gasteiger partial charge on any atom is 0.261 e. The van der Waals surface area contributed by atoms with Gasteiger partial charge < -0.3 is 5.32 Å². The first kappa shape index (κ1) is 11.8. The molecular formula is C13H14N2OS. The molecule has 0 saturated heterocycles. The number of rotatable bonds is 4. The SMILES string of the molecule is CCc1cccnc1CNC(=O)c1cccs1. The van der Waals surface area contributed by atoms with Crippen LogP contribution in [-0.4, -0.2) is 10.9 Å². The molecule has 2 aromatic rings. The van der Waals surface area contributed by atoms with E-state index in [9.17, 15) is 4.79 Å². The van der Waals surface area contributed by atoms with Crippen molar-refractivity contribution in [1.82, 2.24) is 10.3 Å². The molecule has 0 aliphatic carbocycles. The number of thiophene rings is 1. The van der Waals surface area contributed by atoms with Gasteiger partial charge in [0, 0.05) is 6.20 Å². The zero-order valence-electron chi connectivity index (χ0n) is 9.64. The number of carbonyl (C=O) groups is 1. The Bertz CT molecular complexity index is 494. The molecule has 1 amide bonds. The van der Waals surface area contributed by atoms with Crippen molar-refractivity contribution in [3.63, 3.8) is 0 Å². The molecule has 0 aliphatic rings. The number of pyridine rings is 1. The van der Waals surface area contributed by atoms with Crippen molar-refractivity contribution in [2.75, 3.05) is 0 Å². The Hall–Kier alpha value is -1.68. The zero-order valence-corrected chi connectivity index (χ0v) is 10.5. The average molecular weight is 246 g/mol. The van der Waals surface area contributed by atoms with E-state index in [-0.39, 0.29) is 5.91 Å². The van der Waals surface area contributed by atoms with Gasteiger partial charge in [0.15, 0.2) is 0 Å². The quantitative estimate of drug-likeness (QED) is 0.901. The maximum absolute atomic E-state index is 11.8. The minimum Gasteiger partial charge on any atom is -0.346 e. The van der Waals surface area contributed by atoms with Gasteiger partial charge in [-0.15, -0.1) is 11.3 Å². The number of carbonyl (C=O) groups excluding carboxylic acids is 1. The number of hydrogen-bond donors (Lipinski definition) is 1. The van der Waals surface area contributed by atoms with Crippen molar-refractivity contribution in [3.8, 4) is 0 Å². The van der Waals surface area contributed by atoms with Crippen LogP contribution in [0.4, 0.5) is 0 Å². The van der Waals surface area contributed by atoms with E-state index in [2.05, 4.69) is 17.2 Å². The van der Waals surface area contributed by atoms with Crippen molar-refractivity contribution in [2.45, 2.75) is 19.9 Å². The molecule has 2 rings (SSSR count). The predicted octanol–water partition coefficient (Wildman–Crippen LogP) is 2.64. The topological polar surface area (TPSA) is 42.0 Å². The molecule has 17 heavy (non-hydrogen) atoms. The largest absolute Gasteiger partial charge is 0.346 e. The fraction of sp³-hybridized carbons (Fsp3) is 0.231. The molecule has 0 bridgehead atoms. The summed E-state index contributed by atoms with van der Waals surface area (Å²) in [5.41, 5.74) is 2.12. The van der Waals surface area contributed by atoms with Gasteiger partial charge in [-0.1, -0.05) is 19.1 Å². The summed E-state index contributed by atoms with van der Waals surface area (Å²) in [6, 6.07) is 7.65. The molecule has 0 aliphatic heterocycles. The lowest BCUT2D eigenvalue weighted by Gasteiger charge is -2.07. The average Bonchev–Trinajstić information content (AvgIpc) is 2.90. The predicted molar refractivity (Wildman–Crippen MR) is 69.1 cm³/mol. The number of nitrogens with zero attached hydrogens (tertiary/aromatic N) is 1. The van der Waals surface area contributed by atoms with Gasteiger partial charge in [-0.3, -0.25) is 9.78 Å². The third-order valence-corrected chi connectivity index (χ3v) is 3.40. The van der Waals surface area contributed by atoms with E-state index >= 15 is 0 Å². The molecule has 2 aromatic heterocycles. The van der Waals surface area contributed by atoms with E-state index in [1.165, 1.54) is 16.9 Å². The summed E-state index contributed by atoms with van der Waals surface area (Å²) in [6.45, 7) is 2.57. The fourth-order valence-corrected chi connectivity index (χ4v) is 2.25. The number of hydrogen-bond acceptors (Lipinski definition) is 3. The first-order valence-corrected chi connectivity index (χ1v) is 6.43. The molecule has 0 atom stereocenters. The molecule has 88 valence electrons. The number of amides is 1. The normalized spacial score (nSPS) is 10.2. The van der Waals surface area contributed by atoms with Crippen LogP contribution in [0.1, 0.15) is 27.9 Å². The summed E-state index contributed by atoms with van der Waals surface area (Å²) >= 11 is 1.44. The summed E-state index contributed by atoms with van der Waals surface area (Å²) in [5, 5.41) is 4.78. The summed E-state index contributed by atoms with van der Waals surface area (Å²) in [5.74, 6) is -0.0345. The highest BCUT2D eigenvalue weighted by Crippen LogP contribution is 2.09. The molecule has 0 fully saturated rings. The maximum atomic E-state index is 11.8. The molecule has 2 heterocycles. The zero-order chi connectivity index (χ0) is 12.1. The van der Waals surface area contributed by atoms with E-state index in [1.807, 2.05) is 29.6 Å². The third-order valence-electron chi connectivity index (χ3n) is 2.53. The van der Waals surface area contributed by atoms with E-state index in [4.69, 9.17) is 0 Å². The molecular weight excluding hydrogens is 232 g/mol. The lowest BCUT2D eigenvalue weighted by atomic mass is 10.1. The van der Waals surface area contributed by atoms with Crippen LogP contribution in [0.2, 0.25) is 0 Å². The van der Waals surface area contributed by atoms with Gasteiger partial charge in [0.05, 0.1) is 17.1 Å². The molecule has 0 aromatic carbocycles. The summed E-state index contributed by atoms with van der Waals surface area (Å²) in [7, 11) is 0. The molecule has 1 N–H and O–H groups in total. The summed E-state index contributed by atoms with van der Waals surface area (Å²) < 4.78 is 0. The van der Waals surface area contributed by atoms with E-state index in [0.29, 0.717) is 6.54 Å². The minimum atomic E-state index is -0.0345. The van der Waals surface area contributed by atoms with Crippen LogP contribution in [0.5, 0.6) is 0 Å². The van der Waals surface area contributed by atoms with Crippen LogP contribution < -0.4 is 5.32 Å². The smallest absolute Gasteiger partial charge is 0.261 e. The lowest BCUT2D eigenvalue weighted by molar-refractivity contribution is 0.0954. The first-order chi connectivity index (χ1) is 8.31. The van der Waals surface area contributed by atoms with Crippen LogP contribution in [0, 0.1) is 0 Å². The van der Waals surface area contributed by atoms with Crippen LogP contribution in [0.3, 0.4) is 0 Å². The van der Waals surface area contributed by atoms with Crippen molar-refractivity contribution < 1.29 is 4.79 Å². The summed E-state index contributed by atoms with van der Waals surface area (Å²) in [6.07, 6.45) is 2.68. The molecule has 0 spiro atoms. The molecule has 0 radical (unpaired) electrons. The van der Waals surface area contributed by atoms with E-state index in [1.54, 1.807) is 6.20 Å². The van der Waals surface area contributed by atoms with Gasteiger partial charge in [-0.05, 0) is 29.5 Å². The Kier molecular flexibility index (Phi) is 3.88. The van der Waals surface area contributed by atoms with Gasteiger partial charge >= 0.3 is 0 Å². The lowest BCUT2D eigenvalue weighted by Crippen LogP contribution is -2.23. The Labute approximate surface area is 105 Å². The van der Waals surface area contributed by atoms with E-state index in [0.717, 1.165) is 17.0 Å². The number of nitrogens with one attached hydrogen (secondary N) is 1. The second-order valence-electron chi connectivity index (χ2n) is 3.62. The van der Waals surface area contributed by atoms with Gasteiger partial charge in [0.1, 0.15) is 0 Å². The molecule has 0 unspecified atom stereocenters. The Morgan fingerprint density at radius 3 is 3.00 bits per heavy atom. The molecule has 4 heteroatoms. The van der Waals surface area contributed by atoms with Crippen LogP contribution >= 0.6 is 11.3 Å². The van der Waals surface area contributed by atoms with Crippen molar-refractivity contribution in [2.24, 2.45) is 0 Å². The van der Waals surface area contributed by atoms with Gasteiger partial charge in [-0.25, -0.2) is 0 Å². The number of aromatic nitrogens is 1.